The van der Waals surface area contributed by atoms with E-state index in [2.05, 4.69) is 27.7 Å². The fraction of sp³-hybridized carbons (Fsp3) is 0.708. The van der Waals surface area contributed by atoms with Crippen molar-refractivity contribution in [3.05, 3.63) is 33.9 Å². The summed E-state index contributed by atoms with van der Waals surface area (Å²) in [5.74, 6) is -0.0360. The third-order valence-electron chi connectivity index (χ3n) is 5.27. The number of methoxy groups -OCH3 is 1. The van der Waals surface area contributed by atoms with Gasteiger partial charge in [-0.1, -0.05) is 59.8 Å². The molecule has 0 fully saturated rings. The Hall–Kier alpha value is -1.35. The van der Waals surface area contributed by atoms with Crippen LogP contribution in [0, 0.1) is 5.92 Å². The maximum absolute atomic E-state index is 11.9. The van der Waals surface area contributed by atoms with Crippen LogP contribution < -0.4 is 0 Å². The van der Waals surface area contributed by atoms with Crippen LogP contribution >= 0.6 is 0 Å². The maximum atomic E-state index is 11.9. The predicted octanol–water partition coefficient (Wildman–Crippen LogP) is 6.24. The monoisotopic (exact) mass is 376 g/mol. The summed E-state index contributed by atoms with van der Waals surface area (Å²) >= 11 is 0. The normalized spacial score (nSPS) is 11.3. The Morgan fingerprint density at radius 2 is 1.67 bits per heavy atom. The second kappa shape index (κ2) is 12.9. The molecule has 1 aromatic carbocycles. The van der Waals surface area contributed by atoms with Gasteiger partial charge in [0.25, 0.3) is 0 Å². The van der Waals surface area contributed by atoms with Gasteiger partial charge in [0, 0.05) is 7.11 Å². The topological polar surface area (TPSA) is 46.5 Å². The van der Waals surface area contributed by atoms with Crippen molar-refractivity contribution in [2.24, 2.45) is 5.92 Å². The molecule has 1 aromatic rings. The lowest BCUT2D eigenvalue weighted by Gasteiger charge is -2.21. The molecule has 3 heteroatoms. The van der Waals surface area contributed by atoms with Gasteiger partial charge >= 0.3 is 5.97 Å². The number of rotatable bonds is 14. The fourth-order valence-electron chi connectivity index (χ4n) is 3.95. The van der Waals surface area contributed by atoms with E-state index < -0.39 is 5.97 Å². The Bertz CT molecular complexity index is 575. The van der Waals surface area contributed by atoms with E-state index in [0.717, 1.165) is 43.6 Å². The number of benzene rings is 1. The number of carboxylic acid groups (broad SMARTS) is 1. The van der Waals surface area contributed by atoms with Gasteiger partial charge < -0.3 is 9.84 Å². The largest absolute Gasteiger partial charge is 0.478 e. The molecule has 0 amide bonds. The van der Waals surface area contributed by atoms with Crippen molar-refractivity contribution >= 4 is 5.97 Å². The zero-order chi connectivity index (χ0) is 20.2. The minimum Gasteiger partial charge on any atom is -0.478 e. The summed E-state index contributed by atoms with van der Waals surface area (Å²) in [7, 11) is 1.68. The lowest BCUT2D eigenvalue weighted by molar-refractivity contribution is 0.0695. The molecule has 0 saturated carbocycles. The molecule has 154 valence electrons. The SMILES string of the molecule is CCCc1cc(C(=O)O)c(CCOC)c(CCC)c1CCCCCC(C)C. The molecule has 1 N–H and O–H groups in total. The molecular weight excluding hydrogens is 336 g/mol. The van der Waals surface area contributed by atoms with Crippen molar-refractivity contribution < 1.29 is 14.6 Å². The van der Waals surface area contributed by atoms with Gasteiger partial charge in [-0.05, 0) is 66.3 Å². The van der Waals surface area contributed by atoms with Gasteiger partial charge in [0.15, 0.2) is 0 Å². The second-order valence-electron chi connectivity index (χ2n) is 8.06. The number of unbranched alkanes of at least 4 members (excludes halogenated alkanes) is 2. The summed E-state index contributed by atoms with van der Waals surface area (Å²) in [4.78, 5) is 11.9. The van der Waals surface area contributed by atoms with Gasteiger partial charge in [0.2, 0.25) is 0 Å². The number of aryl methyl sites for hydroxylation is 1. The summed E-state index contributed by atoms with van der Waals surface area (Å²) in [6, 6.07) is 1.96. The molecule has 3 nitrogen and oxygen atoms in total. The molecule has 0 radical (unpaired) electrons. The fourth-order valence-corrected chi connectivity index (χ4v) is 3.95. The smallest absolute Gasteiger partial charge is 0.335 e. The van der Waals surface area contributed by atoms with E-state index in [0.29, 0.717) is 18.6 Å². The Kier molecular flexibility index (Phi) is 11.3. The van der Waals surface area contributed by atoms with Crippen LogP contribution in [0.25, 0.3) is 0 Å². The first-order valence-electron chi connectivity index (χ1n) is 10.8. The van der Waals surface area contributed by atoms with Crippen molar-refractivity contribution in [2.45, 2.75) is 91.9 Å². The average molecular weight is 377 g/mol. The van der Waals surface area contributed by atoms with Crippen LogP contribution in [0.1, 0.15) is 98.8 Å². The third kappa shape index (κ3) is 7.65. The highest BCUT2D eigenvalue weighted by atomic mass is 16.5. The molecule has 0 unspecified atom stereocenters. The predicted molar refractivity (Wildman–Crippen MR) is 114 cm³/mol. The van der Waals surface area contributed by atoms with Gasteiger partial charge in [0.1, 0.15) is 0 Å². The van der Waals surface area contributed by atoms with E-state index in [4.69, 9.17) is 4.74 Å². The van der Waals surface area contributed by atoms with E-state index in [1.807, 2.05) is 6.07 Å². The molecule has 27 heavy (non-hydrogen) atoms. The van der Waals surface area contributed by atoms with Crippen LogP contribution in [-0.2, 0) is 30.4 Å². The molecule has 0 heterocycles. The minimum atomic E-state index is -0.806. The standard InChI is InChI=1S/C24H40O3/c1-6-11-19-17-23(24(25)26)22(15-16-27-5)21(12-7-2)20(19)14-10-8-9-13-18(3)4/h17-18H,6-16H2,1-5H3,(H,25,26). The van der Waals surface area contributed by atoms with Crippen LogP contribution in [0.15, 0.2) is 6.07 Å². The Morgan fingerprint density at radius 1 is 0.963 bits per heavy atom. The molecule has 0 aliphatic carbocycles. The van der Waals surface area contributed by atoms with E-state index in [-0.39, 0.29) is 0 Å². The van der Waals surface area contributed by atoms with Gasteiger partial charge in [-0.25, -0.2) is 4.79 Å². The number of hydrogen-bond acceptors (Lipinski definition) is 2. The van der Waals surface area contributed by atoms with E-state index >= 15 is 0 Å². The molecule has 0 bridgehead atoms. The minimum absolute atomic E-state index is 0.488. The number of hydrogen-bond donors (Lipinski definition) is 1. The lowest BCUT2D eigenvalue weighted by atomic mass is 9.84. The van der Waals surface area contributed by atoms with Crippen LogP contribution in [-0.4, -0.2) is 24.8 Å². The molecule has 0 atom stereocenters. The number of aromatic carboxylic acids is 1. The summed E-state index contributed by atoms with van der Waals surface area (Å²) < 4.78 is 5.27. The summed E-state index contributed by atoms with van der Waals surface area (Å²) in [6.07, 6.45) is 10.8. The third-order valence-corrected chi connectivity index (χ3v) is 5.27. The molecule has 0 spiro atoms. The molecule has 1 rings (SSSR count). The highest BCUT2D eigenvalue weighted by Gasteiger charge is 2.20. The molecule has 0 saturated heterocycles. The zero-order valence-electron chi connectivity index (χ0n) is 18.2. The van der Waals surface area contributed by atoms with Crippen molar-refractivity contribution in [3.8, 4) is 0 Å². The summed E-state index contributed by atoms with van der Waals surface area (Å²) in [5.41, 5.74) is 5.47. The molecule has 0 aliphatic rings. The first-order chi connectivity index (χ1) is 13.0. The Labute approximate surface area is 166 Å². The van der Waals surface area contributed by atoms with E-state index in [9.17, 15) is 9.90 Å². The highest BCUT2D eigenvalue weighted by Crippen LogP contribution is 2.29. The van der Waals surface area contributed by atoms with Crippen LogP contribution in [0.3, 0.4) is 0 Å². The van der Waals surface area contributed by atoms with Gasteiger partial charge in [-0.15, -0.1) is 0 Å². The Balaban J connectivity index is 3.22. The van der Waals surface area contributed by atoms with Crippen molar-refractivity contribution in [2.75, 3.05) is 13.7 Å². The van der Waals surface area contributed by atoms with E-state index in [1.54, 1.807) is 7.11 Å². The summed E-state index contributed by atoms with van der Waals surface area (Å²) in [5, 5.41) is 9.80. The molecular formula is C24H40O3. The van der Waals surface area contributed by atoms with Crippen LogP contribution in [0.2, 0.25) is 0 Å². The summed E-state index contributed by atoms with van der Waals surface area (Å²) in [6.45, 7) is 9.49. The number of ether oxygens (including phenoxy) is 1. The van der Waals surface area contributed by atoms with Gasteiger partial charge in [0.05, 0.1) is 12.2 Å². The van der Waals surface area contributed by atoms with Crippen molar-refractivity contribution in [1.82, 2.24) is 0 Å². The number of carbonyl (C=O) groups is 1. The number of carboxylic acids is 1. The van der Waals surface area contributed by atoms with Crippen LogP contribution in [0.4, 0.5) is 0 Å². The molecule has 0 aromatic heterocycles. The zero-order valence-corrected chi connectivity index (χ0v) is 18.2. The average Bonchev–Trinajstić information content (AvgIpc) is 2.61. The first-order valence-corrected chi connectivity index (χ1v) is 10.8. The lowest BCUT2D eigenvalue weighted by Crippen LogP contribution is -2.14. The van der Waals surface area contributed by atoms with Gasteiger partial charge in [-0.3, -0.25) is 0 Å². The van der Waals surface area contributed by atoms with Crippen molar-refractivity contribution in [1.29, 1.82) is 0 Å². The highest BCUT2D eigenvalue weighted by molar-refractivity contribution is 5.90. The second-order valence-corrected chi connectivity index (χ2v) is 8.06. The van der Waals surface area contributed by atoms with Crippen LogP contribution in [0.5, 0.6) is 0 Å². The first kappa shape index (κ1) is 23.7. The maximum Gasteiger partial charge on any atom is 0.335 e. The van der Waals surface area contributed by atoms with Gasteiger partial charge in [-0.2, -0.15) is 0 Å². The van der Waals surface area contributed by atoms with E-state index in [1.165, 1.54) is 42.4 Å². The molecule has 0 aliphatic heterocycles. The van der Waals surface area contributed by atoms with Crippen molar-refractivity contribution in [3.63, 3.8) is 0 Å². The quantitative estimate of drug-likeness (QED) is 0.391. The Morgan fingerprint density at radius 3 is 2.22 bits per heavy atom.